The lowest BCUT2D eigenvalue weighted by Crippen LogP contribution is -2.32. The molecule has 1 amide bonds. The summed E-state index contributed by atoms with van der Waals surface area (Å²) >= 11 is 5.21. The predicted octanol–water partition coefficient (Wildman–Crippen LogP) is 6.44. The molecule has 0 radical (unpaired) electrons. The minimum absolute atomic E-state index is 0.0492. The van der Waals surface area contributed by atoms with Gasteiger partial charge < -0.3 is 9.73 Å². The van der Waals surface area contributed by atoms with E-state index >= 15 is 0 Å². The van der Waals surface area contributed by atoms with Gasteiger partial charge in [0.2, 0.25) is 11.8 Å². The van der Waals surface area contributed by atoms with Gasteiger partial charge in [0.15, 0.2) is 10.7 Å². The molecule has 0 unspecified atom stereocenters. The van der Waals surface area contributed by atoms with E-state index in [0.717, 1.165) is 23.1 Å². The van der Waals surface area contributed by atoms with Crippen molar-refractivity contribution < 1.29 is 14.1 Å². The van der Waals surface area contributed by atoms with Gasteiger partial charge in [0.1, 0.15) is 5.52 Å². The molecule has 9 heteroatoms. The molecule has 0 aliphatic carbocycles. The fourth-order valence-corrected chi connectivity index (χ4v) is 3.75. The molecule has 8 nitrogen and oxygen atoms in total. The molecule has 3 aromatic carbocycles. The molecule has 182 valence electrons. The molecule has 0 aliphatic heterocycles. The lowest BCUT2D eigenvalue weighted by molar-refractivity contribution is -0.384. The molecule has 1 atom stereocenters. The third kappa shape index (κ3) is 6.00. The second-order valence-corrected chi connectivity index (χ2v) is 8.67. The molecule has 0 aliphatic rings. The van der Waals surface area contributed by atoms with E-state index in [9.17, 15) is 14.9 Å². The zero-order valence-electron chi connectivity index (χ0n) is 19.7. The number of oxazole rings is 1. The third-order valence-corrected chi connectivity index (χ3v) is 5.93. The summed E-state index contributed by atoms with van der Waals surface area (Å²) < 4.78 is 5.92. The van der Waals surface area contributed by atoms with Gasteiger partial charge in [-0.3, -0.25) is 20.2 Å². The van der Waals surface area contributed by atoms with Crippen LogP contribution in [0.4, 0.5) is 11.4 Å². The van der Waals surface area contributed by atoms with Gasteiger partial charge in [-0.1, -0.05) is 32.0 Å². The SMILES string of the molecule is CC[C@H](C)c1ccc2oc(-c3ccc(NC(=S)NC(=O)/C=C/c4cccc([N+](=O)[O-])c4)cc3)nc2c1. The number of nitro groups is 1. The molecule has 4 rings (SSSR count). The van der Waals surface area contributed by atoms with Crippen molar-refractivity contribution in [3.05, 3.63) is 94.0 Å². The number of anilines is 1. The summed E-state index contributed by atoms with van der Waals surface area (Å²) in [5.74, 6) is 0.526. The van der Waals surface area contributed by atoms with Crippen LogP contribution >= 0.6 is 12.2 Å². The summed E-state index contributed by atoms with van der Waals surface area (Å²) in [7, 11) is 0. The van der Waals surface area contributed by atoms with Gasteiger partial charge >= 0.3 is 0 Å². The molecule has 0 bridgehead atoms. The first-order chi connectivity index (χ1) is 17.3. The van der Waals surface area contributed by atoms with E-state index in [-0.39, 0.29) is 10.8 Å². The number of rotatable bonds is 7. The molecule has 1 aromatic heterocycles. The summed E-state index contributed by atoms with van der Waals surface area (Å²) in [6.07, 6.45) is 3.79. The minimum atomic E-state index is -0.490. The first kappa shape index (κ1) is 24.7. The molecule has 1 heterocycles. The van der Waals surface area contributed by atoms with Crippen LogP contribution in [-0.4, -0.2) is 20.9 Å². The molecule has 0 spiro atoms. The summed E-state index contributed by atoms with van der Waals surface area (Å²) in [6.45, 7) is 4.35. The average molecular weight is 501 g/mol. The Bertz CT molecular complexity index is 1460. The van der Waals surface area contributed by atoms with Crippen LogP contribution in [0.5, 0.6) is 0 Å². The van der Waals surface area contributed by atoms with E-state index < -0.39 is 10.8 Å². The van der Waals surface area contributed by atoms with Crippen LogP contribution in [0.15, 0.2) is 77.2 Å². The van der Waals surface area contributed by atoms with Crippen LogP contribution in [0, 0.1) is 10.1 Å². The standard InChI is InChI=1S/C27H24N4O4S/c1-3-17(2)20-10-13-24-23(16-20)29-26(35-24)19-8-11-21(12-9-19)28-27(36)30-25(32)14-7-18-5-4-6-22(15-18)31(33)34/h4-17H,3H2,1-2H3,(H2,28,30,32,36)/b14-7+/t17-/m0/s1. The van der Waals surface area contributed by atoms with Crippen LogP contribution in [0.3, 0.4) is 0 Å². The number of amides is 1. The Kier molecular flexibility index (Phi) is 7.50. The molecule has 4 aromatic rings. The van der Waals surface area contributed by atoms with E-state index in [1.165, 1.54) is 29.8 Å². The highest BCUT2D eigenvalue weighted by Gasteiger charge is 2.11. The zero-order chi connectivity index (χ0) is 25.7. The van der Waals surface area contributed by atoms with E-state index in [0.29, 0.717) is 23.1 Å². The number of carbonyl (C=O) groups excluding carboxylic acids is 1. The molecule has 36 heavy (non-hydrogen) atoms. The highest BCUT2D eigenvalue weighted by Crippen LogP contribution is 2.28. The summed E-state index contributed by atoms with van der Waals surface area (Å²) in [5.41, 5.74) is 4.78. The van der Waals surface area contributed by atoms with Gasteiger partial charge in [-0.2, -0.15) is 0 Å². The molecule has 0 saturated carbocycles. The van der Waals surface area contributed by atoms with E-state index in [1.807, 2.05) is 30.3 Å². The largest absolute Gasteiger partial charge is 0.436 e. The van der Waals surface area contributed by atoms with Crippen LogP contribution in [0.1, 0.15) is 37.3 Å². The normalized spacial score (nSPS) is 11.9. The number of nitrogens with one attached hydrogen (secondary N) is 2. The van der Waals surface area contributed by atoms with Gasteiger partial charge in [0.05, 0.1) is 4.92 Å². The number of nitrogens with zero attached hydrogens (tertiary/aromatic N) is 2. The maximum absolute atomic E-state index is 12.2. The lowest BCUT2D eigenvalue weighted by Gasteiger charge is -2.08. The number of benzene rings is 3. The molecular formula is C27H24N4O4S. The fraction of sp³-hybridized carbons (Fsp3) is 0.148. The third-order valence-electron chi connectivity index (χ3n) is 5.73. The van der Waals surface area contributed by atoms with Gasteiger partial charge in [0.25, 0.3) is 5.69 Å². The quantitative estimate of drug-likeness (QED) is 0.130. The van der Waals surface area contributed by atoms with Gasteiger partial charge in [-0.15, -0.1) is 0 Å². The monoisotopic (exact) mass is 500 g/mol. The number of non-ortho nitro benzene ring substituents is 1. The van der Waals surface area contributed by atoms with E-state index in [2.05, 4.69) is 41.6 Å². The Morgan fingerprint density at radius 3 is 2.67 bits per heavy atom. The number of thiocarbonyl (C=S) groups is 1. The lowest BCUT2D eigenvalue weighted by atomic mass is 9.98. The smallest absolute Gasteiger partial charge is 0.270 e. The molecule has 0 saturated heterocycles. The Labute approximate surface area is 213 Å². The van der Waals surface area contributed by atoms with Crippen molar-refractivity contribution in [3.8, 4) is 11.5 Å². The maximum Gasteiger partial charge on any atom is 0.270 e. The Morgan fingerprint density at radius 2 is 1.94 bits per heavy atom. The highest BCUT2D eigenvalue weighted by molar-refractivity contribution is 7.80. The van der Waals surface area contributed by atoms with Crippen molar-refractivity contribution in [2.75, 3.05) is 5.32 Å². The van der Waals surface area contributed by atoms with Crippen LogP contribution in [-0.2, 0) is 4.79 Å². The predicted molar refractivity (Wildman–Crippen MR) is 145 cm³/mol. The second kappa shape index (κ2) is 10.9. The van der Waals surface area contributed by atoms with Gasteiger partial charge in [0, 0.05) is 29.5 Å². The maximum atomic E-state index is 12.2. The van der Waals surface area contributed by atoms with Crippen LogP contribution in [0.2, 0.25) is 0 Å². The summed E-state index contributed by atoms with van der Waals surface area (Å²) in [4.78, 5) is 27.2. The van der Waals surface area contributed by atoms with Crippen LogP contribution in [0.25, 0.3) is 28.6 Å². The van der Waals surface area contributed by atoms with Gasteiger partial charge in [-0.05, 0) is 78.2 Å². The zero-order valence-corrected chi connectivity index (χ0v) is 20.5. The second-order valence-electron chi connectivity index (χ2n) is 8.26. The average Bonchev–Trinajstić information content (AvgIpc) is 3.31. The summed E-state index contributed by atoms with van der Waals surface area (Å²) in [5, 5.41) is 16.5. The van der Waals surface area contributed by atoms with Crippen molar-refractivity contribution >= 4 is 51.8 Å². The highest BCUT2D eigenvalue weighted by atomic mass is 32.1. The molecule has 0 fully saturated rings. The Hall–Kier alpha value is -4.37. The topological polar surface area (TPSA) is 110 Å². The first-order valence-electron chi connectivity index (χ1n) is 11.4. The van der Waals surface area contributed by atoms with E-state index in [1.54, 1.807) is 12.1 Å². The van der Waals surface area contributed by atoms with Crippen molar-refractivity contribution in [3.63, 3.8) is 0 Å². The number of fused-ring (bicyclic) bond motifs is 1. The number of aromatic nitrogens is 1. The van der Waals surface area contributed by atoms with Crippen LogP contribution < -0.4 is 10.6 Å². The van der Waals surface area contributed by atoms with Gasteiger partial charge in [-0.25, -0.2) is 4.98 Å². The van der Waals surface area contributed by atoms with Crippen molar-refractivity contribution in [2.24, 2.45) is 0 Å². The molecule has 2 N–H and O–H groups in total. The number of carbonyl (C=O) groups is 1. The first-order valence-corrected chi connectivity index (χ1v) is 11.8. The van der Waals surface area contributed by atoms with Crippen molar-refractivity contribution in [1.29, 1.82) is 0 Å². The summed E-state index contributed by atoms with van der Waals surface area (Å²) in [6, 6.07) is 19.4. The Morgan fingerprint density at radius 1 is 1.17 bits per heavy atom. The Balaban J connectivity index is 1.36. The van der Waals surface area contributed by atoms with Crippen molar-refractivity contribution in [1.82, 2.24) is 10.3 Å². The number of nitro benzene ring substituents is 1. The fourth-order valence-electron chi connectivity index (χ4n) is 3.54. The van der Waals surface area contributed by atoms with E-state index in [4.69, 9.17) is 16.6 Å². The molecular weight excluding hydrogens is 476 g/mol. The van der Waals surface area contributed by atoms with Crippen molar-refractivity contribution in [2.45, 2.75) is 26.2 Å². The number of hydrogen-bond acceptors (Lipinski definition) is 6. The minimum Gasteiger partial charge on any atom is -0.436 e. The number of hydrogen-bond donors (Lipinski definition) is 2.